The van der Waals surface area contributed by atoms with Crippen LogP contribution in [0, 0.1) is 18.8 Å². The van der Waals surface area contributed by atoms with Crippen LogP contribution in [0.4, 0.5) is 0 Å². The smallest absolute Gasteiger partial charge is 0.243 e. The molecule has 1 amide bonds. The van der Waals surface area contributed by atoms with Crippen molar-refractivity contribution in [1.29, 1.82) is 0 Å². The Bertz CT molecular complexity index is 1130. The predicted octanol–water partition coefficient (Wildman–Crippen LogP) is 4.34. The van der Waals surface area contributed by atoms with Crippen LogP contribution in [0.15, 0.2) is 59.5 Å². The van der Waals surface area contributed by atoms with Gasteiger partial charge in [-0.1, -0.05) is 48.0 Å². The summed E-state index contributed by atoms with van der Waals surface area (Å²) in [6, 6.07) is 18.2. The van der Waals surface area contributed by atoms with Gasteiger partial charge in [0.25, 0.3) is 0 Å². The van der Waals surface area contributed by atoms with Crippen molar-refractivity contribution in [3.63, 3.8) is 0 Å². The Kier molecular flexibility index (Phi) is 8.32. The first-order chi connectivity index (χ1) is 17.9. The van der Waals surface area contributed by atoms with Crippen molar-refractivity contribution in [2.45, 2.75) is 62.8 Å². The van der Waals surface area contributed by atoms with Gasteiger partial charge in [-0.3, -0.25) is 4.79 Å². The zero-order chi connectivity index (χ0) is 25.8. The highest BCUT2D eigenvalue weighted by atomic mass is 32.2. The van der Waals surface area contributed by atoms with Gasteiger partial charge in [0, 0.05) is 38.1 Å². The maximum Gasteiger partial charge on any atom is 0.243 e. The summed E-state index contributed by atoms with van der Waals surface area (Å²) in [5.41, 5.74) is 2.46. The highest BCUT2D eigenvalue weighted by Crippen LogP contribution is 2.29. The number of hydrogen-bond acceptors (Lipinski definition) is 4. The number of sulfonamides is 1. The lowest BCUT2D eigenvalue weighted by molar-refractivity contribution is -0.138. The lowest BCUT2D eigenvalue weighted by Gasteiger charge is -2.42. The first-order valence-corrected chi connectivity index (χ1v) is 15.5. The number of carbonyl (C=O) groups excluding carboxylic acids is 1. The van der Waals surface area contributed by atoms with Crippen molar-refractivity contribution in [2.75, 3.05) is 39.3 Å². The number of nitrogens with zero attached hydrogens (tertiary/aromatic N) is 3. The molecule has 0 aliphatic carbocycles. The molecule has 0 spiro atoms. The minimum atomic E-state index is -3.42. The molecule has 0 N–H and O–H groups in total. The molecule has 0 atom stereocenters. The quantitative estimate of drug-likeness (QED) is 0.565. The lowest BCUT2D eigenvalue weighted by atomic mass is 9.88. The van der Waals surface area contributed by atoms with E-state index in [9.17, 15) is 13.2 Å². The van der Waals surface area contributed by atoms with Gasteiger partial charge in [0.1, 0.15) is 0 Å². The van der Waals surface area contributed by atoms with Crippen LogP contribution in [0.2, 0.25) is 0 Å². The van der Waals surface area contributed by atoms with Crippen molar-refractivity contribution in [3.05, 3.63) is 65.7 Å². The Hall–Kier alpha value is -2.22. The van der Waals surface area contributed by atoms with E-state index in [1.165, 1.54) is 5.56 Å². The third-order valence-electron chi connectivity index (χ3n) is 8.77. The second kappa shape index (κ2) is 11.7. The van der Waals surface area contributed by atoms with Gasteiger partial charge in [0.05, 0.1) is 4.90 Å². The Balaban J connectivity index is 1.05. The molecular formula is C30H41N3O3S. The van der Waals surface area contributed by atoms with Crippen LogP contribution >= 0.6 is 0 Å². The van der Waals surface area contributed by atoms with Gasteiger partial charge in [0.15, 0.2) is 0 Å². The van der Waals surface area contributed by atoms with E-state index in [-0.39, 0.29) is 5.92 Å². The third-order valence-corrected chi connectivity index (χ3v) is 10.7. The number of likely N-dealkylation sites (tertiary alicyclic amines) is 2. The number of benzene rings is 2. The molecule has 2 aromatic rings. The summed E-state index contributed by atoms with van der Waals surface area (Å²) in [6.07, 6.45) is 6.88. The fourth-order valence-corrected chi connectivity index (χ4v) is 7.85. The predicted molar refractivity (Wildman–Crippen MR) is 147 cm³/mol. The Labute approximate surface area is 222 Å². The molecule has 7 heteroatoms. The largest absolute Gasteiger partial charge is 0.342 e. The van der Waals surface area contributed by atoms with Gasteiger partial charge in [-0.2, -0.15) is 4.31 Å². The number of amides is 1. The molecule has 0 aromatic heterocycles. The van der Waals surface area contributed by atoms with Crippen molar-refractivity contribution in [2.24, 2.45) is 11.8 Å². The highest BCUT2D eigenvalue weighted by molar-refractivity contribution is 7.89. The summed E-state index contributed by atoms with van der Waals surface area (Å²) in [4.78, 5) is 18.3. The Morgan fingerprint density at radius 3 is 2.03 bits per heavy atom. The molecule has 0 bridgehead atoms. The molecule has 3 saturated heterocycles. The third kappa shape index (κ3) is 6.27. The molecule has 2 aromatic carbocycles. The van der Waals surface area contributed by atoms with Crippen LogP contribution < -0.4 is 0 Å². The monoisotopic (exact) mass is 523 g/mol. The Morgan fingerprint density at radius 1 is 0.784 bits per heavy atom. The van der Waals surface area contributed by atoms with Crippen LogP contribution in [-0.4, -0.2) is 73.7 Å². The van der Waals surface area contributed by atoms with Gasteiger partial charge in [-0.15, -0.1) is 0 Å². The van der Waals surface area contributed by atoms with E-state index in [1.54, 1.807) is 16.4 Å². The van der Waals surface area contributed by atoms with E-state index in [4.69, 9.17) is 0 Å². The molecule has 3 aliphatic heterocycles. The van der Waals surface area contributed by atoms with Crippen LogP contribution in [0.25, 0.3) is 0 Å². The van der Waals surface area contributed by atoms with Crippen molar-refractivity contribution >= 4 is 15.9 Å². The first-order valence-electron chi connectivity index (χ1n) is 14.0. The average molecular weight is 524 g/mol. The molecule has 200 valence electrons. The van der Waals surface area contributed by atoms with Gasteiger partial charge >= 0.3 is 0 Å². The summed E-state index contributed by atoms with van der Waals surface area (Å²) in [7, 11) is -3.42. The number of hydrogen-bond donors (Lipinski definition) is 0. The topological polar surface area (TPSA) is 60.9 Å². The fraction of sp³-hybridized carbons (Fsp3) is 0.567. The van der Waals surface area contributed by atoms with Crippen molar-refractivity contribution in [1.82, 2.24) is 14.1 Å². The van der Waals surface area contributed by atoms with Crippen LogP contribution in [-0.2, 0) is 21.2 Å². The van der Waals surface area contributed by atoms with Gasteiger partial charge in [-0.25, -0.2) is 8.42 Å². The summed E-state index contributed by atoms with van der Waals surface area (Å²) >= 11 is 0. The minimum absolute atomic E-state index is 0.143. The molecular weight excluding hydrogens is 482 g/mol. The van der Waals surface area contributed by atoms with E-state index >= 15 is 0 Å². The zero-order valence-corrected chi connectivity index (χ0v) is 22.9. The molecule has 3 aliphatic rings. The van der Waals surface area contributed by atoms with Crippen LogP contribution in [0.1, 0.15) is 49.7 Å². The summed E-state index contributed by atoms with van der Waals surface area (Å²) in [6.45, 7) is 6.77. The number of carbonyl (C=O) groups is 1. The number of rotatable bonds is 6. The molecule has 0 unspecified atom stereocenters. The molecule has 37 heavy (non-hydrogen) atoms. The van der Waals surface area contributed by atoms with E-state index in [0.29, 0.717) is 35.9 Å². The van der Waals surface area contributed by atoms with Gasteiger partial charge < -0.3 is 9.80 Å². The first kappa shape index (κ1) is 26.4. The molecule has 3 heterocycles. The number of piperidine rings is 3. The second-order valence-electron chi connectivity index (χ2n) is 11.2. The standard InChI is InChI=1S/C30H41N3O3S/c1-24-7-9-29(10-8-24)37(35,36)33-21-15-28(16-22-33)31-19-13-27(14-20-31)30(34)32-17-11-26(12-18-32)23-25-5-3-2-4-6-25/h2-10,26-28H,11-23H2,1H3. The SMILES string of the molecule is Cc1ccc(S(=O)(=O)N2CCC(N3CCC(C(=O)N4CCC(Cc5ccccc5)CC4)CC3)CC2)cc1. The van der Waals surface area contributed by atoms with Crippen molar-refractivity contribution < 1.29 is 13.2 Å². The summed E-state index contributed by atoms with van der Waals surface area (Å²) in [5.74, 6) is 1.18. The molecule has 0 saturated carbocycles. The second-order valence-corrected chi connectivity index (χ2v) is 13.2. The van der Waals surface area contributed by atoms with Crippen molar-refractivity contribution in [3.8, 4) is 0 Å². The van der Waals surface area contributed by atoms with Gasteiger partial charge in [-0.05, 0) is 88.6 Å². The molecule has 5 rings (SSSR count). The molecule has 0 radical (unpaired) electrons. The zero-order valence-electron chi connectivity index (χ0n) is 22.1. The van der Waals surface area contributed by atoms with Crippen LogP contribution in [0.3, 0.4) is 0 Å². The highest BCUT2D eigenvalue weighted by Gasteiger charge is 2.35. The normalized spacial score (nSPS) is 21.8. The molecule has 3 fully saturated rings. The average Bonchev–Trinajstić information content (AvgIpc) is 2.94. The Morgan fingerprint density at radius 2 is 1.41 bits per heavy atom. The van der Waals surface area contributed by atoms with Gasteiger partial charge in [0.2, 0.25) is 15.9 Å². The fourth-order valence-electron chi connectivity index (χ4n) is 6.38. The summed E-state index contributed by atoms with van der Waals surface area (Å²) < 4.78 is 27.7. The summed E-state index contributed by atoms with van der Waals surface area (Å²) in [5, 5.41) is 0. The lowest BCUT2D eigenvalue weighted by Crippen LogP contribution is -2.51. The van der Waals surface area contributed by atoms with E-state index < -0.39 is 10.0 Å². The van der Waals surface area contributed by atoms with E-state index in [2.05, 4.69) is 40.1 Å². The molecule has 6 nitrogen and oxygen atoms in total. The number of aryl methyl sites for hydroxylation is 1. The maximum absolute atomic E-state index is 13.2. The minimum Gasteiger partial charge on any atom is -0.342 e. The van der Waals surface area contributed by atoms with Crippen LogP contribution in [0.5, 0.6) is 0 Å². The van der Waals surface area contributed by atoms with E-state index in [0.717, 1.165) is 76.7 Å². The van der Waals surface area contributed by atoms with E-state index in [1.807, 2.05) is 19.1 Å². The maximum atomic E-state index is 13.2.